The molecule has 73 heavy (non-hydrogen) atoms. The number of aliphatic hydroxyl groups is 3. The number of nitrogens with zero attached hydrogens (tertiary/aromatic N) is 3. The number of rotatable bonds is 15. The number of carbonyl (C=O) groups is 3. The summed E-state index contributed by atoms with van der Waals surface area (Å²) in [6.07, 6.45) is 22.8. The molecule has 0 bridgehead atoms. The Morgan fingerprint density at radius 3 is 2.38 bits per heavy atom. The monoisotopic (exact) mass is 1010 g/mol. The quantitative estimate of drug-likeness (QED) is 0.0367. The summed E-state index contributed by atoms with van der Waals surface area (Å²) < 4.78 is 5.70. The van der Waals surface area contributed by atoms with E-state index in [1.807, 2.05) is 38.1 Å². The van der Waals surface area contributed by atoms with Crippen molar-refractivity contribution < 1.29 is 39.6 Å². The third-order valence-corrected chi connectivity index (χ3v) is 17.3. The Balaban J connectivity index is 0.000000188. The van der Waals surface area contributed by atoms with Crippen molar-refractivity contribution in [2.75, 3.05) is 23.7 Å². The summed E-state index contributed by atoms with van der Waals surface area (Å²) >= 11 is 0. The lowest BCUT2D eigenvalue weighted by molar-refractivity contribution is -0.147. The van der Waals surface area contributed by atoms with Gasteiger partial charge in [-0.15, -0.1) is 4.73 Å². The second-order valence-corrected chi connectivity index (χ2v) is 23.9. The van der Waals surface area contributed by atoms with Crippen LogP contribution in [-0.4, -0.2) is 97.1 Å². The smallest absolute Gasteiger partial charge is 0.306 e. The van der Waals surface area contributed by atoms with E-state index in [-0.39, 0.29) is 75.5 Å². The van der Waals surface area contributed by atoms with Crippen LogP contribution in [0.4, 0.5) is 11.6 Å². The molecule has 12 atom stereocenters. The van der Waals surface area contributed by atoms with Crippen molar-refractivity contribution in [3.8, 4) is 0 Å². The molecular formula is C58H91N7O8. The Morgan fingerprint density at radius 2 is 1.70 bits per heavy atom. The standard InChI is InChI=1S/C26H40O5.C23H36N2O2.C9H15N5O/c1-19(2)31-26(30)13-9-4-3-8-12-22-23(25(29)18-24(22)28)17-16-21(27)15-14-20-10-6-5-7-11-20;1-21(2,3)25-20(27)17-8-7-15-14-6-9-18-23(5,13-11-19(26)24-18)16(14)10-12-22(15,17)4;10-7-6-8(12-9(11)14(7)15)13-4-2-1-3-5-13/h3,5-8,10-11,19,21-25,27-29H,4,9,12-18H2,1-2H3;11,13-18H,6-10,12H2,1-5H3,(H,24,26)(H,25,27);6,11,15H,1-5,10H2/b8-3-;;/t21-,22+,23+,24-,25+;14-,15-,16-,17+,18+,22-,23+;/m00./s1. The minimum Gasteiger partial charge on any atom is -0.463 e. The van der Waals surface area contributed by atoms with E-state index in [0.717, 1.165) is 64.5 Å². The maximum atomic E-state index is 13.0. The number of nitrogens with one attached hydrogen (secondary N) is 3. The van der Waals surface area contributed by atoms with Gasteiger partial charge >= 0.3 is 5.97 Å². The first-order valence-corrected chi connectivity index (χ1v) is 27.7. The summed E-state index contributed by atoms with van der Waals surface area (Å²) in [4.78, 5) is 42.5. The van der Waals surface area contributed by atoms with Crippen LogP contribution in [-0.2, 0) is 25.5 Å². The molecule has 2 aromatic rings. The number of amides is 2. The number of allylic oxidation sites excluding steroid dienone is 2. The highest BCUT2D eigenvalue weighted by Crippen LogP contribution is 2.65. The van der Waals surface area contributed by atoms with Crippen LogP contribution in [0.15, 0.2) is 60.7 Å². The van der Waals surface area contributed by atoms with Gasteiger partial charge in [0.05, 0.1) is 24.4 Å². The maximum Gasteiger partial charge on any atom is 0.306 e. The number of hydrogen-bond acceptors (Lipinski definition) is 12. The van der Waals surface area contributed by atoms with Gasteiger partial charge in [-0.25, -0.2) is 0 Å². The largest absolute Gasteiger partial charge is 0.463 e. The number of nitrogen functional groups attached to an aromatic ring is 1. The van der Waals surface area contributed by atoms with Crippen LogP contribution in [0.3, 0.4) is 0 Å². The molecule has 0 unspecified atom stereocenters. The minimum atomic E-state index is -0.513. The van der Waals surface area contributed by atoms with Gasteiger partial charge in [0.15, 0.2) is 0 Å². The molecule has 9 N–H and O–H groups in total. The van der Waals surface area contributed by atoms with Crippen LogP contribution in [0.2, 0.25) is 0 Å². The highest BCUT2D eigenvalue weighted by molar-refractivity contribution is 5.89. The average molecular weight is 1010 g/mol. The predicted octanol–water partition coefficient (Wildman–Crippen LogP) is 8.17. The Morgan fingerprint density at radius 1 is 0.986 bits per heavy atom. The first kappa shape index (κ1) is 57.5. The molecule has 1 aromatic carbocycles. The van der Waals surface area contributed by atoms with E-state index in [4.69, 9.17) is 15.9 Å². The van der Waals surface area contributed by atoms with Crippen LogP contribution in [0, 0.1) is 51.7 Å². The lowest BCUT2D eigenvalue weighted by Crippen LogP contribution is -2.59. The molecule has 4 aliphatic carbocycles. The van der Waals surface area contributed by atoms with Gasteiger partial charge in [0.25, 0.3) is 5.62 Å². The van der Waals surface area contributed by atoms with E-state index < -0.39 is 18.3 Å². The first-order chi connectivity index (χ1) is 34.6. The van der Waals surface area contributed by atoms with Crippen molar-refractivity contribution in [1.82, 2.24) is 20.3 Å². The number of fused-ring (bicyclic) bond motifs is 5. The molecular weight excluding hydrogens is 923 g/mol. The Kier molecular flexibility index (Phi) is 20.2. The van der Waals surface area contributed by atoms with Crippen LogP contribution < -0.4 is 26.9 Å². The highest BCUT2D eigenvalue weighted by atomic mass is 16.5. The Labute approximate surface area is 435 Å². The van der Waals surface area contributed by atoms with Crippen molar-refractivity contribution in [3.63, 3.8) is 0 Å². The summed E-state index contributed by atoms with van der Waals surface area (Å²) in [5.41, 5.74) is 6.58. The molecule has 2 aliphatic heterocycles. The molecule has 0 radical (unpaired) electrons. The SMILES string of the molecule is CC(C)(C)NC(=O)[C@H]1CC[C@H]2[C@@H]3CC[C@H]4NC(=O)C=C[C@]4(C)[C@H]3CC[C@]12C.CC(C)OC(=O)CCC/C=C\C[C@@H]1[C@@H](CC[C@@H](O)CCc2ccccc2)[C@H](O)C[C@@H]1O.N=c1nc(N2CCCCC2)cc(N)n1O. The van der Waals surface area contributed by atoms with Gasteiger partial charge in [-0.2, -0.15) is 4.98 Å². The van der Waals surface area contributed by atoms with Gasteiger partial charge in [-0.3, -0.25) is 19.8 Å². The minimum absolute atomic E-state index is 0.00652. The lowest BCUT2D eigenvalue weighted by atomic mass is 9.48. The topological polar surface area (TPSA) is 236 Å². The van der Waals surface area contributed by atoms with Crippen molar-refractivity contribution in [1.29, 1.82) is 5.41 Å². The van der Waals surface area contributed by atoms with E-state index in [0.29, 0.717) is 66.8 Å². The summed E-state index contributed by atoms with van der Waals surface area (Å²) in [5.74, 6) is 3.09. The zero-order valence-electron chi connectivity index (χ0n) is 45.1. The van der Waals surface area contributed by atoms with Gasteiger partial charge in [-0.1, -0.05) is 62.4 Å². The van der Waals surface area contributed by atoms with E-state index in [9.17, 15) is 34.9 Å². The van der Waals surface area contributed by atoms with E-state index in [2.05, 4.69) is 79.4 Å². The molecule has 6 aliphatic rings. The summed E-state index contributed by atoms with van der Waals surface area (Å²) in [6.45, 7) is 16.5. The van der Waals surface area contributed by atoms with Crippen LogP contribution >= 0.6 is 0 Å². The number of ether oxygens (including phenoxy) is 1. The molecule has 15 nitrogen and oxygen atoms in total. The number of anilines is 2. The molecule has 15 heteroatoms. The van der Waals surface area contributed by atoms with Crippen molar-refractivity contribution in [3.05, 3.63) is 71.9 Å². The molecule has 406 valence electrons. The third kappa shape index (κ3) is 15.2. The second kappa shape index (κ2) is 25.7. The van der Waals surface area contributed by atoms with Crippen LogP contribution in [0.25, 0.3) is 0 Å². The molecule has 4 saturated carbocycles. The molecule has 5 fully saturated rings. The predicted molar refractivity (Wildman–Crippen MR) is 285 cm³/mol. The third-order valence-electron chi connectivity index (χ3n) is 17.3. The highest BCUT2D eigenvalue weighted by Gasteiger charge is 2.61. The molecule has 8 rings (SSSR count). The van der Waals surface area contributed by atoms with Crippen LogP contribution in [0.1, 0.15) is 163 Å². The fourth-order valence-corrected chi connectivity index (χ4v) is 13.5. The molecule has 1 aromatic heterocycles. The fourth-order valence-electron chi connectivity index (χ4n) is 13.5. The Hall–Kier alpha value is -4.73. The number of benzene rings is 1. The number of aromatic nitrogens is 2. The zero-order chi connectivity index (χ0) is 53.1. The molecule has 0 spiro atoms. The van der Waals surface area contributed by atoms with Crippen molar-refractivity contribution in [2.24, 2.45) is 46.3 Å². The van der Waals surface area contributed by atoms with Gasteiger partial charge in [0.1, 0.15) is 11.6 Å². The number of aryl methyl sites for hydroxylation is 1. The van der Waals surface area contributed by atoms with E-state index >= 15 is 0 Å². The number of unbranched alkanes of at least 4 members (excludes halogenated alkanes) is 1. The van der Waals surface area contributed by atoms with Crippen LogP contribution in [0.5, 0.6) is 0 Å². The number of aliphatic hydroxyl groups excluding tert-OH is 3. The number of piperidine rings is 1. The van der Waals surface area contributed by atoms with Gasteiger partial charge in [0.2, 0.25) is 11.8 Å². The van der Waals surface area contributed by atoms with E-state index in [1.165, 1.54) is 31.2 Å². The van der Waals surface area contributed by atoms with Gasteiger partial charge < -0.3 is 46.5 Å². The Bertz CT molecular complexity index is 2240. The van der Waals surface area contributed by atoms with Gasteiger partial charge in [0, 0.05) is 48.5 Å². The first-order valence-electron chi connectivity index (χ1n) is 27.7. The van der Waals surface area contributed by atoms with Gasteiger partial charge in [-0.05, 0) is 190 Å². The summed E-state index contributed by atoms with van der Waals surface area (Å²) in [6, 6.07) is 12.0. The van der Waals surface area contributed by atoms with Crippen molar-refractivity contribution >= 4 is 29.4 Å². The fraction of sp³-hybridized carbons (Fsp3) is 0.707. The normalized spacial score (nSPS) is 31.0. The second-order valence-electron chi connectivity index (χ2n) is 23.9. The molecule has 1 saturated heterocycles. The molecule has 2 amide bonds. The van der Waals surface area contributed by atoms with E-state index in [1.54, 1.807) is 12.1 Å². The summed E-state index contributed by atoms with van der Waals surface area (Å²) in [7, 11) is 0. The number of hydrogen-bond donors (Lipinski definition) is 8. The summed E-state index contributed by atoms with van der Waals surface area (Å²) in [5, 5.41) is 54.3. The number of esters is 1. The molecule has 3 heterocycles. The number of nitrogens with two attached hydrogens (primary N) is 1. The average Bonchev–Trinajstić information content (AvgIpc) is 3.84. The maximum absolute atomic E-state index is 13.0. The lowest BCUT2D eigenvalue weighted by Gasteiger charge is -2.58. The number of carbonyl (C=O) groups excluding carboxylic acids is 3. The van der Waals surface area contributed by atoms with Crippen molar-refractivity contribution in [2.45, 2.75) is 200 Å². The zero-order valence-corrected chi connectivity index (χ0v) is 45.1.